The van der Waals surface area contributed by atoms with E-state index in [1.807, 2.05) is 0 Å². The number of sulfone groups is 1. The first-order valence-electron chi connectivity index (χ1n) is 6.18. The van der Waals surface area contributed by atoms with Crippen LogP contribution < -0.4 is 10.6 Å². The van der Waals surface area contributed by atoms with Crippen molar-refractivity contribution >= 4 is 21.8 Å². The number of carbonyl (C=O) groups excluding carboxylic acids is 1. The van der Waals surface area contributed by atoms with Gasteiger partial charge in [-0.05, 0) is 25.7 Å². The molecule has 7 nitrogen and oxygen atoms in total. The van der Waals surface area contributed by atoms with Crippen LogP contribution >= 0.6 is 0 Å². The van der Waals surface area contributed by atoms with Crippen molar-refractivity contribution in [2.75, 3.05) is 18.6 Å². The number of nitrogens with one attached hydrogen (secondary N) is 2. The Labute approximate surface area is 112 Å². The van der Waals surface area contributed by atoms with E-state index in [9.17, 15) is 18.0 Å². The van der Waals surface area contributed by atoms with Gasteiger partial charge in [-0.15, -0.1) is 0 Å². The van der Waals surface area contributed by atoms with Gasteiger partial charge < -0.3 is 15.7 Å². The molecule has 1 fully saturated rings. The number of carboxylic acids is 1. The van der Waals surface area contributed by atoms with E-state index in [2.05, 4.69) is 10.6 Å². The monoisotopic (exact) mass is 292 g/mol. The van der Waals surface area contributed by atoms with Crippen molar-refractivity contribution in [3.8, 4) is 0 Å². The fourth-order valence-electron chi connectivity index (χ4n) is 2.06. The average molecular weight is 292 g/mol. The van der Waals surface area contributed by atoms with Crippen molar-refractivity contribution in [2.45, 2.75) is 37.6 Å². The number of carbonyl (C=O) groups is 2. The zero-order valence-electron chi connectivity index (χ0n) is 10.9. The second-order valence-corrected chi connectivity index (χ2v) is 7.33. The molecule has 110 valence electrons. The number of hydrogen-bond donors (Lipinski definition) is 3. The van der Waals surface area contributed by atoms with Gasteiger partial charge in [0.05, 0.1) is 17.7 Å². The molecule has 1 aliphatic carbocycles. The van der Waals surface area contributed by atoms with Gasteiger partial charge in [0.2, 0.25) is 0 Å². The molecule has 0 aliphatic heterocycles. The molecule has 2 amide bonds. The number of carboxylic acid groups (broad SMARTS) is 1. The highest BCUT2D eigenvalue weighted by molar-refractivity contribution is 7.90. The van der Waals surface area contributed by atoms with Gasteiger partial charge in [-0.3, -0.25) is 4.79 Å². The molecule has 1 saturated carbocycles. The molecule has 0 radical (unpaired) electrons. The second-order valence-electron chi connectivity index (χ2n) is 5.07. The Morgan fingerprint density at radius 1 is 1.32 bits per heavy atom. The van der Waals surface area contributed by atoms with E-state index in [4.69, 9.17) is 5.11 Å². The third-order valence-electron chi connectivity index (χ3n) is 3.16. The van der Waals surface area contributed by atoms with E-state index in [0.29, 0.717) is 19.3 Å². The average Bonchev–Trinajstić information content (AvgIpc) is 2.19. The zero-order chi connectivity index (χ0) is 14.5. The standard InChI is InChI=1S/C11H20N2O5S/c1-19(17,18)7-3-6-12-10(16)13-11(4-2-5-11)8-9(14)15/h2-8H2,1H3,(H,14,15)(H2,12,13,16). The van der Waals surface area contributed by atoms with Crippen molar-refractivity contribution in [3.05, 3.63) is 0 Å². The SMILES string of the molecule is CS(=O)(=O)CCCNC(=O)NC1(CC(=O)O)CCC1. The maximum atomic E-state index is 11.6. The van der Waals surface area contributed by atoms with Crippen LogP contribution in [0.4, 0.5) is 4.79 Å². The summed E-state index contributed by atoms with van der Waals surface area (Å²) in [5, 5.41) is 14.0. The van der Waals surface area contributed by atoms with Gasteiger partial charge in [0.25, 0.3) is 0 Å². The van der Waals surface area contributed by atoms with Crippen LogP contribution in [0.25, 0.3) is 0 Å². The quantitative estimate of drug-likeness (QED) is 0.577. The van der Waals surface area contributed by atoms with Crippen molar-refractivity contribution < 1.29 is 23.1 Å². The lowest BCUT2D eigenvalue weighted by molar-refractivity contribution is -0.139. The summed E-state index contributed by atoms with van der Waals surface area (Å²) in [6, 6.07) is -0.436. The summed E-state index contributed by atoms with van der Waals surface area (Å²) in [5.41, 5.74) is -0.632. The van der Waals surface area contributed by atoms with E-state index in [-0.39, 0.29) is 18.7 Å². The van der Waals surface area contributed by atoms with Crippen LogP contribution in [0.15, 0.2) is 0 Å². The molecule has 8 heteroatoms. The summed E-state index contributed by atoms with van der Waals surface area (Å²) >= 11 is 0. The summed E-state index contributed by atoms with van der Waals surface area (Å²) in [7, 11) is -3.02. The van der Waals surface area contributed by atoms with Crippen molar-refractivity contribution in [1.29, 1.82) is 0 Å². The third-order valence-corrected chi connectivity index (χ3v) is 4.19. The highest BCUT2D eigenvalue weighted by Crippen LogP contribution is 2.34. The first-order valence-corrected chi connectivity index (χ1v) is 8.24. The maximum absolute atomic E-state index is 11.6. The molecular weight excluding hydrogens is 272 g/mol. The van der Waals surface area contributed by atoms with Crippen molar-refractivity contribution in [3.63, 3.8) is 0 Å². The van der Waals surface area contributed by atoms with Crippen LogP contribution in [0.1, 0.15) is 32.1 Å². The van der Waals surface area contributed by atoms with Crippen LogP contribution in [-0.4, -0.2) is 49.6 Å². The largest absolute Gasteiger partial charge is 0.481 e. The molecule has 1 rings (SSSR count). The summed E-state index contributed by atoms with van der Waals surface area (Å²) < 4.78 is 21.8. The van der Waals surface area contributed by atoms with Crippen LogP contribution in [0.3, 0.4) is 0 Å². The van der Waals surface area contributed by atoms with Gasteiger partial charge in [0.1, 0.15) is 9.84 Å². The fraction of sp³-hybridized carbons (Fsp3) is 0.818. The zero-order valence-corrected chi connectivity index (χ0v) is 11.8. The second kappa shape index (κ2) is 6.23. The normalized spacial score (nSPS) is 17.3. The predicted octanol–water partition coefficient (Wildman–Crippen LogP) is 0.118. The smallest absolute Gasteiger partial charge is 0.315 e. The van der Waals surface area contributed by atoms with Gasteiger partial charge >= 0.3 is 12.0 Å². The first-order chi connectivity index (χ1) is 8.72. The fourth-order valence-corrected chi connectivity index (χ4v) is 2.73. The molecule has 0 heterocycles. The minimum absolute atomic E-state index is 0.0214. The molecule has 0 aromatic rings. The van der Waals surface area contributed by atoms with Crippen LogP contribution in [0, 0.1) is 0 Å². The number of amides is 2. The Balaban J connectivity index is 2.28. The maximum Gasteiger partial charge on any atom is 0.315 e. The Bertz CT molecular complexity index is 442. The molecule has 0 aromatic heterocycles. The van der Waals surface area contributed by atoms with Gasteiger partial charge in [0, 0.05) is 12.8 Å². The van der Waals surface area contributed by atoms with Gasteiger partial charge in [0.15, 0.2) is 0 Å². The van der Waals surface area contributed by atoms with Gasteiger partial charge in [-0.2, -0.15) is 0 Å². The molecule has 1 aliphatic rings. The molecule has 0 bridgehead atoms. The minimum atomic E-state index is -3.02. The Hall–Kier alpha value is -1.31. The predicted molar refractivity (Wildman–Crippen MR) is 69.7 cm³/mol. The lowest BCUT2D eigenvalue weighted by Crippen LogP contribution is -2.57. The molecule has 0 atom stereocenters. The van der Waals surface area contributed by atoms with Crippen molar-refractivity contribution in [2.24, 2.45) is 0 Å². The van der Waals surface area contributed by atoms with E-state index >= 15 is 0 Å². The summed E-state index contributed by atoms with van der Waals surface area (Å²) in [4.78, 5) is 22.3. The topological polar surface area (TPSA) is 113 Å². The molecule has 0 unspecified atom stereocenters. The summed E-state index contributed by atoms with van der Waals surface area (Å²) in [5.74, 6) is -0.912. The third kappa shape index (κ3) is 5.91. The van der Waals surface area contributed by atoms with Crippen LogP contribution in [0.5, 0.6) is 0 Å². The number of hydrogen-bond acceptors (Lipinski definition) is 4. The summed E-state index contributed by atoms with van der Waals surface area (Å²) in [6.07, 6.45) is 3.64. The molecule has 19 heavy (non-hydrogen) atoms. The molecular formula is C11H20N2O5S. The highest BCUT2D eigenvalue weighted by atomic mass is 32.2. The molecule has 0 aromatic carbocycles. The molecule has 0 saturated heterocycles. The van der Waals surface area contributed by atoms with E-state index in [0.717, 1.165) is 12.7 Å². The van der Waals surface area contributed by atoms with E-state index < -0.39 is 27.4 Å². The Morgan fingerprint density at radius 2 is 1.95 bits per heavy atom. The Kier molecular flexibility index (Phi) is 5.16. The van der Waals surface area contributed by atoms with E-state index in [1.54, 1.807) is 0 Å². The highest BCUT2D eigenvalue weighted by Gasteiger charge is 2.40. The first kappa shape index (κ1) is 15.7. The lowest BCUT2D eigenvalue weighted by Gasteiger charge is -2.41. The van der Waals surface area contributed by atoms with Crippen LogP contribution in [-0.2, 0) is 14.6 Å². The Morgan fingerprint density at radius 3 is 2.37 bits per heavy atom. The number of urea groups is 1. The molecule has 3 N–H and O–H groups in total. The van der Waals surface area contributed by atoms with Gasteiger partial charge in [-0.25, -0.2) is 13.2 Å². The summed E-state index contributed by atoms with van der Waals surface area (Å²) in [6.45, 7) is 0.252. The van der Waals surface area contributed by atoms with Crippen molar-refractivity contribution in [1.82, 2.24) is 10.6 Å². The number of aliphatic carboxylic acids is 1. The number of rotatable bonds is 7. The molecule has 0 spiro atoms. The van der Waals surface area contributed by atoms with E-state index in [1.165, 1.54) is 0 Å². The lowest BCUT2D eigenvalue weighted by atomic mass is 9.74. The van der Waals surface area contributed by atoms with Gasteiger partial charge in [-0.1, -0.05) is 0 Å². The van der Waals surface area contributed by atoms with Crippen LogP contribution in [0.2, 0.25) is 0 Å². The minimum Gasteiger partial charge on any atom is -0.481 e.